The first-order valence-electron chi connectivity index (χ1n) is 5.10. The first-order valence-corrected chi connectivity index (χ1v) is 7.06. The highest BCUT2D eigenvalue weighted by molar-refractivity contribution is 9.10. The van der Waals surface area contributed by atoms with Crippen molar-refractivity contribution in [1.82, 2.24) is 15.0 Å². The largest absolute Gasteiger partial charge is 0.336 e. The normalized spacial score (nSPS) is 11.1. The Morgan fingerprint density at radius 3 is 2.72 bits per heavy atom. The maximum absolute atomic E-state index is 6.20. The Kier molecular flexibility index (Phi) is 3.13. The Hall–Kier alpha value is -0.910. The lowest BCUT2D eigenvalue weighted by Crippen LogP contribution is -1.82. The number of imidazole rings is 1. The van der Waals surface area contributed by atoms with Gasteiger partial charge in [-0.2, -0.15) is 0 Å². The predicted octanol–water partition coefficient (Wildman–Crippen LogP) is 4.80. The van der Waals surface area contributed by atoms with Crippen LogP contribution in [0.25, 0.3) is 22.6 Å². The lowest BCUT2D eigenvalue weighted by atomic mass is 10.2. The van der Waals surface area contributed by atoms with Crippen molar-refractivity contribution in [3.63, 3.8) is 0 Å². The summed E-state index contributed by atoms with van der Waals surface area (Å²) in [6.07, 6.45) is 1.72. The highest BCUT2D eigenvalue weighted by atomic mass is 79.9. The topological polar surface area (TPSA) is 41.6 Å². The Labute approximate surface area is 125 Å². The van der Waals surface area contributed by atoms with Crippen LogP contribution in [0.2, 0.25) is 5.02 Å². The first kappa shape index (κ1) is 12.1. The zero-order valence-corrected chi connectivity index (χ0v) is 12.8. The monoisotopic (exact) mass is 385 g/mol. The van der Waals surface area contributed by atoms with Crippen molar-refractivity contribution < 1.29 is 0 Å². The van der Waals surface area contributed by atoms with Crippen molar-refractivity contribution in [1.29, 1.82) is 0 Å². The molecule has 0 bridgehead atoms. The standard InChI is InChI=1S/C12H6Br2ClN3/c13-6-1-2-8(9(15)3-6)11-17-10-4-7(14)5-16-12(10)18-11/h1-5H,(H,16,17,18). The van der Waals surface area contributed by atoms with Crippen molar-refractivity contribution in [2.75, 3.05) is 0 Å². The van der Waals surface area contributed by atoms with Gasteiger partial charge in [0.25, 0.3) is 0 Å². The van der Waals surface area contributed by atoms with Gasteiger partial charge in [0, 0.05) is 20.7 Å². The number of halogens is 3. The number of pyridine rings is 1. The van der Waals surface area contributed by atoms with Crippen LogP contribution in [0.1, 0.15) is 0 Å². The molecule has 0 fully saturated rings. The fourth-order valence-electron chi connectivity index (χ4n) is 1.68. The molecule has 3 aromatic rings. The van der Waals surface area contributed by atoms with E-state index in [9.17, 15) is 0 Å². The van der Waals surface area contributed by atoms with Gasteiger partial charge in [-0.25, -0.2) is 9.97 Å². The molecule has 18 heavy (non-hydrogen) atoms. The molecule has 1 aromatic carbocycles. The van der Waals surface area contributed by atoms with E-state index >= 15 is 0 Å². The molecule has 0 spiro atoms. The van der Waals surface area contributed by atoms with E-state index in [1.165, 1.54) is 0 Å². The zero-order chi connectivity index (χ0) is 12.7. The molecule has 0 saturated carbocycles. The van der Waals surface area contributed by atoms with Gasteiger partial charge in [-0.15, -0.1) is 0 Å². The molecule has 3 nitrogen and oxygen atoms in total. The van der Waals surface area contributed by atoms with E-state index in [0.29, 0.717) is 16.5 Å². The number of aromatic amines is 1. The number of rotatable bonds is 1. The van der Waals surface area contributed by atoms with E-state index < -0.39 is 0 Å². The molecule has 0 unspecified atom stereocenters. The molecular formula is C12H6Br2ClN3. The number of aromatic nitrogens is 3. The van der Waals surface area contributed by atoms with Crippen LogP contribution < -0.4 is 0 Å². The number of benzene rings is 1. The SMILES string of the molecule is Clc1cc(Br)ccc1-c1nc2ncc(Br)cc2[nH]1. The minimum atomic E-state index is 0.641. The van der Waals surface area contributed by atoms with Crippen LogP contribution in [0.5, 0.6) is 0 Å². The summed E-state index contributed by atoms with van der Waals surface area (Å²) >= 11 is 13.0. The summed E-state index contributed by atoms with van der Waals surface area (Å²) in [7, 11) is 0. The molecule has 1 N–H and O–H groups in total. The van der Waals surface area contributed by atoms with Crippen LogP contribution in [0, 0.1) is 0 Å². The second kappa shape index (κ2) is 4.64. The molecule has 3 rings (SSSR count). The third-order valence-corrected chi connectivity index (χ3v) is 3.73. The van der Waals surface area contributed by atoms with E-state index in [4.69, 9.17) is 11.6 Å². The first-order chi connectivity index (χ1) is 8.63. The molecule has 0 aliphatic heterocycles. The molecular weight excluding hydrogens is 381 g/mol. The maximum Gasteiger partial charge on any atom is 0.178 e. The van der Waals surface area contributed by atoms with Gasteiger partial charge in [0.05, 0.1) is 10.5 Å². The van der Waals surface area contributed by atoms with E-state index in [1.54, 1.807) is 6.20 Å². The van der Waals surface area contributed by atoms with Crippen LogP contribution in [-0.4, -0.2) is 15.0 Å². The third-order valence-electron chi connectivity index (χ3n) is 2.49. The molecule has 0 atom stereocenters. The van der Waals surface area contributed by atoms with Crippen molar-refractivity contribution in [3.8, 4) is 11.4 Å². The molecule has 0 amide bonds. The smallest absolute Gasteiger partial charge is 0.178 e. The van der Waals surface area contributed by atoms with Gasteiger partial charge in [0.2, 0.25) is 0 Å². The quantitative estimate of drug-likeness (QED) is 0.651. The predicted molar refractivity (Wildman–Crippen MR) is 79.7 cm³/mol. The summed E-state index contributed by atoms with van der Waals surface area (Å²) in [6, 6.07) is 7.62. The molecule has 0 radical (unpaired) electrons. The van der Waals surface area contributed by atoms with Crippen LogP contribution in [-0.2, 0) is 0 Å². The van der Waals surface area contributed by atoms with E-state index in [2.05, 4.69) is 46.8 Å². The summed E-state index contributed by atoms with van der Waals surface area (Å²) in [6.45, 7) is 0. The summed E-state index contributed by atoms with van der Waals surface area (Å²) < 4.78 is 1.85. The Morgan fingerprint density at radius 2 is 1.94 bits per heavy atom. The van der Waals surface area contributed by atoms with Crippen molar-refractivity contribution in [2.45, 2.75) is 0 Å². The minimum Gasteiger partial charge on any atom is -0.336 e. The molecule has 0 aliphatic rings. The Morgan fingerprint density at radius 1 is 1.11 bits per heavy atom. The lowest BCUT2D eigenvalue weighted by Gasteiger charge is -2.00. The molecule has 0 saturated heterocycles. The van der Waals surface area contributed by atoms with Gasteiger partial charge in [0.15, 0.2) is 5.65 Å². The van der Waals surface area contributed by atoms with Crippen molar-refractivity contribution >= 4 is 54.6 Å². The zero-order valence-electron chi connectivity index (χ0n) is 8.92. The fourth-order valence-corrected chi connectivity index (χ4v) is 2.78. The fraction of sp³-hybridized carbons (Fsp3) is 0. The number of nitrogens with zero attached hydrogens (tertiary/aromatic N) is 2. The highest BCUT2D eigenvalue weighted by Crippen LogP contribution is 2.30. The summed E-state index contributed by atoms with van der Waals surface area (Å²) in [5.41, 5.74) is 2.40. The van der Waals surface area contributed by atoms with Crippen LogP contribution in [0.3, 0.4) is 0 Å². The van der Waals surface area contributed by atoms with Gasteiger partial charge in [-0.3, -0.25) is 0 Å². The molecule has 90 valence electrons. The van der Waals surface area contributed by atoms with Gasteiger partial charge < -0.3 is 4.98 Å². The molecule has 6 heteroatoms. The van der Waals surface area contributed by atoms with E-state index in [0.717, 1.165) is 20.0 Å². The highest BCUT2D eigenvalue weighted by Gasteiger charge is 2.10. The molecule has 2 heterocycles. The Balaban J connectivity index is 2.19. The van der Waals surface area contributed by atoms with Crippen LogP contribution >= 0.6 is 43.5 Å². The van der Waals surface area contributed by atoms with E-state index in [1.807, 2.05) is 24.3 Å². The number of hydrogen-bond donors (Lipinski definition) is 1. The van der Waals surface area contributed by atoms with Gasteiger partial charge >= 0.3 is 0 Å². The van der Waals surface area contributed by atoms with Crippen molar-refractivity contribution in [2.24, 2.45) is 0 Å². The Bertz CT molecular complexity index is 739. The maximum atomic E-state index is 6.20. The van der Waals surface area contributed by atoms with Gasteiger partial charge in [-0.05, 0) is 40.2 Å². The number of nitrogens with one attached hydrogen (secondary N) is 1. The van der Waals surface area contributed by atoms with Crippen LogP contribution in [0.15, 0.2) is 39.4 Å². The molecule has 0 aliphatic carbocycles. The second-order valence-corrected chi connectivity index (χ2v) is 5.97. The van der Waals surface area contributed by atoms with Gasteiger partial charge in [0.1, 0.15) is 5.82 Å². The second-order valence-electron chi connectivity index (χ2n) is 3.73. The minimum absolute atomic E-state index is 0.641. The van der Waals surface area contributed by atoms with Crippen LogP contribution in [0.4, 0.5) is 0 Å². The molecule has 2 aromatic heterocycles. The third kappa shape index (κ3) is 2.18. The average Bonchev–Trinajstić information content (AvgIpc) is 2.71. The van der Waals surface area contributed by atoms with E-state index in [-0.39, 0.29) is 0 Å². The number of H-pyrrole nitrogens is 1. The summed E-state index contributed by atoms with van der Waals surface area (Å²) in [5, 5.41) is 0.641. The lowest BCUT2D eigenvalue weighted by molar-refractivity contribution is 1.30. The number of hydrogen-bond acceptors (Lipinski definition) is 2. The van der Waals surface area contributed by atoms with Crippen molar-refractivity contribution in [3.05, 3.63) is 44.4 Å². The van der Waals surface area contributed by atoms with Gasteiger partial charge in [-0.1, -0.05) is 27.5 Å². The number of fused-ring (bicyclic) bond motifs is 1. The summed E-state index contributed by atoms with van der Waals surface area (Å²) in [4.78, 5) is 11.9. The average molecular weight is 387 g/mol. The summed E-state index contributed by atoms with van der Waals surface area (Å²) in [5.74, 6) is 0.716.